The van der Waals surface area contributed by atoms with E-state index in [9.17, 15) is 9.59 Å². The highest BCUT2D eigenvalue weighted by Crippen LogP contribution is 2.21. The molecule has 7 heteroatoms. The second kappa shape index (κ2) is 5.97. The Labute approximate surface area is 109 Å². The fourth-order valence-electron chi connectivity index (χ4n) is 0.901. The van der Waals surface area contributed by atoms with Crippen molar-refractivity contribution in [3.63, 3.8) is 0 Å². The van der Waals surface area contributed by atoms with Crippen LogP contribution in [-0.2, 0) is 9.63 Å². The predicted molar refractivity (Wildman–Crippen MR) is 64.5 cm³/mol. The highest BCUT2D eigenvalue weighted by molar-refractivity contribution is 9.11. The van der Waals surface area contributed by atoms with Gasteiger partial charge < -0.3 is 5.73 Å². The molecule has 0 aliphatic carbocycles. The van der Waals surface area contributed by atoms with Gasteiger partial charge in [-0.05, 0) is 34.1 Å². The number of nitrogens with one attached hydrogen (secondary N) is 1. The van der Waals surface area contributed by atoms with Crippen LogP contribution in [0.3, 0.4) is 0 Å². The van der Waals surface area contributed by atoms with Gasteiger partial charge in [0.05, 0.1) is 5.56 Å². The fourth-order valence-corrected chi connectivity index (χ4v) is 2.13. The molecule has 2 amide bonds. The van der Waals surface area contributed by atoms with Gasteiger partial charge in [0.1, 0.15) is 0 Å². The number of nitrogens with two attached hydrogens (primary N) is 1. The van der Waals surface area contributed by atoms with E-state index >= 15 is 0 Å². The standard InChI is InChI=1S/C9H8Br2N2O3/c10-5-1-2-6(7(11)3-5)9(15)13-16-4-8(12)14/h1-3H,4H2,(H2,12,14)(H,13,15). The Hall–Kier alpha value is -0.920. The molecule has 0 heterocycles. The first-order valence-electron chi connectivity index (χ1n) is 4.16. The van der Waals surface area contributed by atoms with Gasteiger partial charge in [-0.25, -0.2) is 5.48 Å². The van der Waals surface area contributed by atoms with E-state index in [-0.39, 0.29) is 6.61 Å². The maximum absolute atomic E-state index is 11.5. The van der Waals surface area contributed by atoms with Crippen molar-refractivity contribution < 1.29 is 14.4 Å². The van der Waals surface area contributed by atoms with Gasteiger partial charge in [-0.2, -0.15) is 0 Å². The van der Waals surface area contributed by atoms with E-state index in [2.05, 4.69) is 42.2 Å². The molecular weight excluding hydrogens is 344 g/mol. The predicted octanol–water partition coefficient (Wildman–Crippen LogP) is 1.36. The summed E-state index contributed by atoms with van der Waals surface area (Å²) in [5.41, 5.74) is 7.34. The number of hydrogen-bond donors (Lipinski definition) is 2. The molecule has 0 aromatic heterocycles. The topological polar surface area (TPSA) is 81.4 Å². The quantitative estimate of drug-likeness (QED) is 0.803. The van der Waals surface area contributed by atoms with Crippen molar-refractivity contribution in [2.24, 2.45) is 5.73 Å². The summed E-state index contributed by atoms with van der Waals surface area (Å²) in [7, 11) is 0. The number of hydroxylamine groups is 1. The van der Waals surface area contributed by atoms with E-state index in [1.165, 1.54) is 0 Å². The molecule has 0 aliphatic rings. The first-order chi connectivity index (χ1) is 7.50. The van der Waals surface area contributed by atoms with Gasteiger partial charge in [0.15, 0.2) is 6.61 Å². The Balaban J connectivity index is 2.63. The van der Waals surface area contributed by atoms with Crippen LogP contribution in [0.5, 0.6) is 0 Å². The summed E-state index contributed by atoms with van der Waals surface area (Å²) in [5.74, 6) is -1.12. The summed E-state index contributed by atoms with van der Waals surface area (Å²) >= 11 is 6.49. The zero-order valence-corrected chi connectivity index (χ0v) is 11.2. The highest BCUT2D eigenvalue weighted by atomic mass is 79.9. The molecule has 0 saturated heterocycles. The summed E-state index contributed by atoms with van der Waals surface area (Å²) in [6, 6.07) is 5.05. The molecule has 5 nitrogen and oxygen atoms in total. The first-order valence-corrected chi connectivity index (χ1v) is 5.75. The van der Waals surface area contributed by atoms with Crippen LogP contribution in [-0.4, -0.2) is 18.4 Å². The van der Waals surface area contributed by atoms with Crippen LogP contribution < -0.4 is 11.2 Å². The van der Waals surface area contributed by atoms with Crippen LogP contribution in [0.1, 0.15) is 10.4 Å². The van der Waals surface area contributed by atoms with Crippen molar-refractivity contribution in [1.82, 2.24) is 5.48 Å². The Bertz CT molecular complexity index is 423. The number of primary amides is 1. The van der Waals surface area contributed by atoms with E-state index in [0.29, 0.717) is 10.0 Å². The molecule has 0 saturated carbocycles. The maximum atomic E-state index is 11.5. The second-order valence-electron chi connectivity index (χ2n) is 2.81. The van der Waals surface area contributed by atoms with E-state index in [1.54, 1.807) is 18.2 Å². The Morgan fingerprint density at radius 2 is 2.06 bits per heavy atom. The minimum absolute atomic E-state index is 0.361. The molecule has 0 atom stereocenters. The number of carbonyl (C=O) groups excluding carboxylic acids is 2. The van der Waals surface area contributed by atoms with Gasteiger partial charge in [0.25, 0.3) is 5.91 Å². The first kappa shape index (κ1) is 13.1. The van der Waals surface area contributed by atoms with Gasteiger partial charge in [0.2, 0.25) is 5.91 Å². The molecule has 0 spiro atoms. The molecule has 0 radical (unpaired) electrons. The minimum atomic E-state index is -0.657. The van der Waals surface area contributed by atoms with Gasteiger partial charge in [0, 0.05) is 8.95 Å². The molecule has 1 aromatic rings. The number of hydrogen-bond acceptors (Lipinski definition) is 3. The van der Waals surface area contributed by atoms with E-state index < -0.39 is 11.8 Å². The molecule has 1 rings (SSSR count). The molecule has 0 bridgehead atoms. The van der Waals surface area contributed by atoms with Crippen molar-refractivity contribution in [2.45, 2.75) is 0 Å². The molecule has 3 N–H and O–H groups in total. The van der Waals surface area contributed by atoms with Gasteiger partial charge >= 0.3 is 0 Å². The molecule has 16 heavy (non-hydrogen) atoms. The Kier molecular flexibility index (Phi) is 4.91. The number of carbonyl (C=O) groups is 2. The van der Waals surface area contributed by atoms with Crippen LogP contribution in [0.25, 0.3) is 0 Å². The van der Waals surface area contributed by atoms with E-state index in [0.717, 1.165) is 4.47 Å². The summed E-state index contributed by atoms with van der Waals surface area (Å²) in [6.07, 6.45) is 0. The van der Waals surface area contributed by atoms with E-state index in [1.807, 2.05) is 0 Å². The summed E-state index contributed by atoms with van der Waals surface area (Å²) in [4.78, 5) is 26.5. The second-order valence-corrected chi connectivity index (χ2v) is 4.58. The third kappa shape index (κ3) is 3.92. The third-order valence-electron chi connectivity index (χ3n) is 1.56. The number of rotatable bonds is 4. The molecule has 86 valence electrons. The largest absolute Gasteiger partial charge is 0.368 e. The summed E-state index contributed by atoms with van der Waals surface area (Å²) in [6.45, 7) is -0.361. The van der Waals surface area contributed by atoms with Crippen LogP contribution in [0.4, 0.5) is 0 Å². The fraction of sp³-hybridized carbons (Fsp3) is 0.111. The van der Waals surface area contributed by atoms with Crippen molar-refractivity contribution in [2.75, 3.05) is 6.61 Å². The maximum Gasteiger partial charge on any atom is 0.275 e. The Morgan fingerprint density at radius 1 is 1.38 bits per heavy atom. The number of amides is 2. The third-order valence-corrected chi connectivity index (χ3v) is 2.70. The van der Waals surface area contributed by atoms with E-state index in [4.69, 9.17) is 5.73 Å². The molecular formula is C9H8Br2N2O3. The smallest absolute Gasteiger partial charge is 0.275 e. The van der Waals surface area contributed by atoms with Crippen LogP contribution in [0.2, 0.25) is 0 Å². The zero-order chi connectivity index (χ0) is 12.1. The lowest BCUT2D eigenvalue weighted by Gasteiger charge is -2.06. The van der Waals surface area contributed by atoms with Gasteiger partial charge in [-0.3, -0.25) is 14.4 Å². The SMILES string of the molecule is NC(=O)CONC(=O)c1ccc(Br)cc1Br. The monoisotopic (exact) mass is 350 g/mol. The lowest BCUT2D eigenvalue weighted by molar-refractivity contribution is -0.124. The van der Waals surface area contributed by atoms with Crippen molar-refractivity contribution in [3.8, 4) is 0 Å². The summed E-state index contributed by atoms with van der Waals surface area (Å²) < 4.78 is 1.45. The Morgan fingerprint density at radius 3 is 2.62 bits per heavy atom. The lowest BCUT2D eigenvalue weighted by Crippen LogP contribution is -2.29. The lowest BCUT2D eigenvalue weighted by atomic mass is 10.2. The van der Waals surface area contributed by atoms with Gasteiger partial charge in [-0.1, -0.05) is 15.9 Å². The minimum Gasteiger partial charge on any atom is -0.368 e. The van der Waals surface area contributed by atoms with Crippen molar-refractivity contribution in [1.29, 1.82) is 0 Å². The molecule has 1 aromatic carbocycles. The average Bonchev–Trinajstić information content (AvgIpc) is 2.16. The van der Waals surface area contributed by atoms with Crippen LogP contribution in [0, 0.1) is 0 Å². The zero-order valence-electron chi connectivity index (χ0n) is 8.00. The number of benzene rings is 1. The summed E-state index contributed by atoms with van der Waals surface area (Å²) in [5, 5.41) is 0. The van der Waals surface area contributed by atoms with Crippen LogP contribution >= 0.6 is 31.9 Å². The number of halogens is 2. The van der Waals surface area contributed by atoms with Gasteiger partial charge in [-0.15, -0.1) is 0 Å². The highest BCUT2D eigenvalue weighted by Gasteiger charge is 2.10. The van der Waals surface area contributed by atoms with Crippen molar-refractivity contribution in [3.05, 3.63) is 32.7 Å². The van der Waals surface area contributed by atoms with Crippen LogP contribution in [0.15, 0.2) is 27.1 Å². The average molecular weight is 352 g/mol. The molecule has 0 unspecified atom stereocenters. The molecule has 0 aliphatic heterocycles. The van der Waals surface area contributed by atoms with Crippen molar-refractivity contribution >= 4 is 43.7 Å². The molecule has 0 fully saturated rings. The normalized spacial score (nSPS) is 9.88.